The van der Waals surface area contributed by atoms with E-state index in [1.807, 2.05) is 45.6 Å². The average Bonchev–Trinajstić information content (AvgIpc) is 0.818. The third kappa shape index (κ3) is 30.2. The van der Waals surface area contributed by atoms with E-state index in [0.717, 1.165) is 61.0 Å². The lowest BCUT2D eigenvalue weighted by atomic mass is 9.94. The number of hydrogen-bond donors (Lipinski definition) is 5. The molecule has 7 aliphatic rings. The third-order valence-corrected chi connectivity index (χ3v) is 17.7. The number of Topliss-reactive ketones (excluding diaryl/α,β-unsaturated/α-hetero) is 3. The summed E-state index contributed by atoms with van der Waals surface area (Å²) in [6.07, 6.45) is 1.46. The van der Waals surface area contributed by atoms with E-state index in [1.54, 1.807) is 71.0 Å². The van der Waals surface area contributed by atoms with Crippen LogP contribution in [0.1, 0.15) is 123 Å². The van der Waals surface area contributed by atoms with Crippen LogP contribution in [0.4, 0.5) is 49.1 Å². The minimum absolute atomic E-state index is 0.000488. The lowest BCUT2D eigenvalue weighted by Crippen LogP contribution is -2.37. The SMILES string of the molecule is C1COCCN1.CC1CC(=O)NN=C1c1ccc(N2CCOCC2)c(F)c1.CCC(=O)c1ccc(F)c(F)c1.CCC(=O)c1ccc(N2CCOCC2)c(F)c1.CCOC(=O)CBr.CCOC(=O)CC(C)C(=O)c1ccc(N2CCOCC2)c(F)c1.C[C@@H]1CC(=O)NN=C1c1ccc(N2CCOCC2)c(F)c1.NN. The number of morpholine rings is 5. The van der Waals surface area contributed by atoms with Crippen LogP contribution in [-0.2, 0) is 52.3 Å². The van der Waals surface area contributed by atoms with E-state index < -0.39 is 29.3 Å². The molecular formula is C77H102BrF6N11O14. The number of carbonyl (C=O) groups excluding carboxylic acids is 7. The monoisotopic (exact) mass is 1600 g/mol. The highest BCUT2D eigenvalue weighted by molar-refractivity contribution is 9.09. The van der Waals surface area contributed by atoms with E-state index in [-0.39, 0.29) is 88.6 Å². The number of hydrogen-bond acceptors (Lipinski definition) is 23. The van der Waals surface area contributed by atoms with Gasteiger partial charge in [0.15, 0.2) is 29.0 Å². The van der Waals surface area contributed by atoms with Crippen LogP contribution in [0.25, 0.3) is 0 Å². The summed E-state index contributed by atoms with van der Waals surface area (Å²) in [6, 6.07) is 22.6. The predicted octanol–water partition coefficient (Wildman–Crippen LogP) is 9.66. The highest BCUT2D eigenvalue weighted by atomic mass is 79.9. The van der Waals surface area contributed by atoms with Crippen molar-refractivity contribution in [3.05, 3.63) is 154 Å². The molecule has 7 heterocycles. The Balaban J connectivity index is 0.000000235. The molecule has 0 aliphatic carbocycles. The van der Waals surface area contributed by atoms with Gasteiger partial charge in [-0.25, -0.2) is 37.2 Å². The quantitative estimate of drug-likeness (QED) is 0.0144. The number of ketones is 3. The molecule has 7 aliphatic heterocycles. The van der Waals surface area contributed by atoms with Gasteiger partial charge in [-0.2, -0.15) is 10.2 Å². The Bertz CT molecular complexity index is 3690. The minimum atomic E-state index is -0.977. The van der Waals surface area contributed by atoms with Gasteiger partial charge in [0, 0.05) is 137 Å². The second kappa shape index (κ2) is 49.4. The molecule has 109 heavy (non-hydrogen) atoms. The summed E-state index contributed by atoms with van der Waals surface area (Å²) in [5.41, 5.74) is 11.0. The van der Waals surface area contributed by atoms with Crippen molar-refractivity contribution in [2.75, 3.05) is 170 Å². The van der Waals surface area contributed by atoms with Crippen LogP contribution >= 0.6 is 15.9 Å². The third-order valence-electron chi connectivity index (χ3n) is 17.3. The maximum atomic E-state index is 14.4. The number of hydrazine groups is 1. The van der Waals surface area contributed by atoms with E-state index in [1.165, 1.54) is 30.3 Å². The number of amides is 2. The normalized spacial score (nSPS) is 17.7. The molecule has 5 saturated heterocycles. The number of benzene rings is 5. The first-order valence-electron chi connectivity index (χ1n) is 36.3. The first-order valence-corrected chi connectivity index (χ1v) is 37.4. The van der Waals surface area contributed by atoms with Crippen LogP contribution in [0.3, 0.4) is 0 Å². The van der Waals surface area contributed by atoms with Crippen LogP contribution in [0.5, 0.6) is 0 Å². The average molecular weight is 1600 g/mol. The van der Waals surface area contributed by atoms with Crippen molar-refractivity contribution in [3.63, 3.8) is 0 Å². The van der Waals surface area contributed by atoms with Crippen molar-refractivity contribution in [2.24, 2.45) is 39.6 Å². The number of nitrogens with zero attached hydrogens (tertiary/aromatic N) is 6. The summed E-state index contributed by atoms with van der Waals surface area (Å²) in [5.74, 6) is 2.96. The Morgan fingerprint density at radius 3 is 1.11 bits per heavy atom. The lowest BCUT2D eigenvalue weighted by Gasteiger charge is -2.29. The number of carbonyl (C=O) groups is 7. The Kier molecular flexibility index (Phi) is 41.2. The Morgan fingerprint density at radius 2 is 0.807 bits per heavy atom. The van der Waals surface area contributed by atoms with E-state index in [4.69, 9.17) is 28.4 Å². The first-order chi connectivity index (χ1) is 52.5. The molecular weight excluding hydrogens is 1500 g/mol. The summed E-state index contributed by atoms with van der Waals surface area (Å²) in [7, 11) is 0. The van der Waals surface area contributed by atoms with Gasteiger partial charge in [-0.1, -0.05) is 62.7 Å². The Hall–Kier alpha value is -8.73. The van der Waals surface area contributed by atoms with Gasteiger partial charge in [0.05, 0.1) is 120 Å². The summed E-state index contributed by atoms with van der Waals surface area (Å²) in [6.45, 7) is 27.3. The van der Waals surface area contributed by atoms with Crippen molar-refractivity contribution in [2.45, 2.75) is 80.6 Å². The highest BCUT2D eigenvalue weighted by Crippen LogP contribution is 2.29. The van der Waals surface area contributed by atoms with E-state index in [0.29, 0.717) is 171 Å². The number of esters is 2. The zero-order valence-corrected chi connectivity index (χ0v) is 64.5. The summed E-state index contributed by atoms with van der Waals surface area (Å²) in [4.78, 5) is 86.7. The molecule has 32 heteroatoms. The largest absolute Gasteiger partial charge is 0.466 e. The van der Waals surface area contributed by atoms with Crippen LogP contribution in [-0.4, -0.2) is 203 Å². The molecule has 0 radical (unpaired) electrons. The van der Waals surface area contributed by atoms with Gasteiger partial charge in [-0.05, 0) is 92.7 Å². The molecule has 7 N–H and O–H groups in total. The van der Waals surface area contributed by atoms with Gasteiger partial charge in [0.1, 0.15) is 28.6 Å². The number of nitrogens with one attached hydrogen (secondary N) is 3. The molecule has 5 aromatic rings. The molecule has 2 unspecified atom stereocenters. The topological polar surface area (TPSA) is 310 Å². The lowest BCUT2D eigenvalue weighted by molar-refractivity contribution is -0.144. The van der Waals surface area contributed by atoms with E-state index in [2.05, 4.69) is 58.7 Å². The fraction of sp³-hybridized carbons (Fsp3) is 0.494. The summed E-state index contributed by atoms with van der Waals surface area (Å²) in [5, 5.41) is 11.6. The number of alkyl halides is 1. The highest BCUT2D eigenvalue weighted by Gasteiger charge is 2.27. The van der Waals surface area contributed by atoms with Crippen LogP contribution in [0.2, 0.25) is 0 Å². The van der Waals surface area contributed by atoms with Gasteiger partial charge >= 0.3 is 11.9 Å². The first kappa shape index (κ1) is 90.9. The fourth-order valence-electron chi connectivity index (χ4n) is 11.6. The fourth-order valence-corrected chi connectivity index (χ4v) is 11.7. The van der Waals surface area contributed by atoms with Gasteiger partial charge in [0.2, 0.25) is 11.8 Å². The molecule has 0 aromatic heterocycles. The van der Waals surface area contributed by atoms with Crippen molar-refractivity contribution >= 4 is 91.2 Å². The second-order valence-corrected chi connectivity index (χ2v) is 25.7. The predicted molar refractivity (Wildman–Crippen MR) is 407 cm³/mol. The van der Waals surface area contributed by atoms with Gasteiger partial charge in [0.25, 0.3) is 0 Å². The molecule has 12 rings (SSSR count). The maximum Gasteiger partial charge on any atom is 0.316 e. The van der Waals surface area contributed by atoms with Crippen LogP contribution in [0.15, 0.2) is 101 Å². The van der Waals surface area contributed by atoms with Crippen LogP contribution < -0.4 is 47.5 Å². The van der Waals surface area contributed by atoms with Crippen molar-refractivity contribution in [1.29, 1.82) is 0 Å². The minimum Gasteiger partial charge on any atom is -0.466 e. The maximum absolute atomic E-state index is 14.4. The molecule has 2 amide bonds. The molecule has 0 spiro atoms. The number of hydrazone groups is 2. The van der Waals surface area contributed by atoms with Gasteiger partial charge in [-0.15, -0.1) is 0 Å². The van der Waals surface area contributed by atoms with Crippen molar-refractivity contribution < 1.29 is 93.1 Å². The zero-order chi connectivity index (χ0) is 79.8. The molecule has 5 aromatic carbocycles. The number of ether oxygens (including phenoxy) is 7. The van der Waals surface area contributed by atoms with Crippen LogP contribution in [0, 0.1) is 52.7 Å². The molecule has 598 valence electrons. The molecule has 25 nitrogen and oxygen atoms in total. The zero-order valence-electron chi connectivity index (χ0n) is 62.9. The molecule has 0 saturated carbocycles. The standard InChI is InChI=1S/C17H22FNO4.2C15H18FN3O2.C13H16FNO2.C9H8F2O.C4H7BrO2.C4H9NO.H4N2/c1-3-23-16(20)10-12(2)17(21)13-4-5-15(14(18)11-13)19-6-8-22-9-7-19;2*1-10-8-14(20)17-18-15(10)11-2-3-13(12(16)9-11)19-4-6-21-7-5-19;1-2-13(16)10-3-4-12(11(14)9-10)15-5-7-17-8-6-15;1-2-9(12)6-3-4-7(10)8(11)5-6;1-2-7-4(6)3-5;1-3-6-4-2-5-1;1-2/h4-5,11-12H,3,6-10H2,1-2H3;2*2-3,9-10H,4-8H2,1H3,(H,17,20);3-4,9H,2,5-8H2,1H3;3-5H,2H2,1H3;2-3H2,1H3;5H,1-4H2;1-2H2/t;10-;;;;;;/m.1....../s1. The molecule has 5 fully saturated rings. The van der Waals surface area contributed by atoms with Gasteiger partial charge in [-0.3, -0.25) is 45.2 Å². The van der Waals surface area contributed by atoms with E-state index in [9.17, 15) is 59.9 Å². The Labute approximate surface area is 641 Å². The number of rotatable bonds is 17. The van der Waals surface area contributed by atoms with Gasteiger partial charge < -0.3 is 58.1 Å². The molecule has 3 atom stereocenters. The summed E-state index contributed by atoms with van der Waals surface area (Å²) >= 11 is 2.94. The van der Waals surface area contributed by atoms with Crippen molar-refractivity contribution in [1.82, 2.24) is 16.2 Å². The number of nitrogens with two attached hydrogens (primary N) is 2. The van der Waals surface area contributed by atoms with Crippen molar-refractivity contribution in [3.8, 4) is 0 Å². The summed E-state index contributed by atoms with van der Waals surface area (Å²) < 4.78 is 117. The molecule has 0 bridgehead atoms. The second-order valence-electron chi connectivity index (χ2n) is 25.1. The Morgan fingerprint density at radius 1 is 0.477 bits per heavy atom. The van der Waals surface area contributed by atoms with E-state index >= 15 is 0 Å². The number of halogens is 7. The number of anilines is 4. The smallest absolute Gasteiger partial charge is 0.316 e.